The number of carbonyl (C=O) groups is 4. The molecule has 8 nitrogen and oxygen atoms in total. The molecule has 1 aliphatic carbocycles. The van der Waals surface area contributed by atoms with Crippen LogP contribution in [0, 0.1) is 0 Å². The summed E-state index contributed by atoms with van der Waals surface area (Å²) in [5, 5.41) is 0. The third kappa shape index (κ3) is 5.19. The lowest BCUT2D eigenvalue weighted by Crippen LogP contribution is -2.53. The van der Waals surface area contributed by atoms with Crippen molar-refractivity contribution in [3.8, 4) is 0 Å². The van der Waals surface area contributed by atoms with Gasteiger partial charge >= 0.3 is 23.9 Å². The average molecular weight is 314 g/mol. The molecule has 0 aromatic rings. The molecule has 0 spiro atoms. The third-order valence-corrected chi connectivity index (χ3v) is 2.67. The lowest BCUT2D eigenvalue weighted by atomic mass is 9.95. The van der Waals surface area contributed by atoms with Gasteiger partial charge in [-0.2, -0.15) is 0 Å². The first-order valence-corrected chi connectivity index (χ1v) is 6.58. The summed E-state index contributed by atoms with van der Waals surface area (Å²) in [5.74, 6) is -2.51. The van der Waals surface area contributed by atoms with E-state index in [1.165, 1.54) is 26.0 Å². The Bertz CT molecular complexity index is 451. The first-order valence-electron chi connectivity index (χ1n) is 6.58. The average Bonchev–Trinajstić information content (AvgIpc) is 2.34. The number of ether oxygens (including phenoxy) is 4. The topological polar surface area (TPSA) is 105 Å². The van der Waals surface area contributed by atoms with Crippen molar-refractivity contribution in [1.82, 2.24) is 0 Å². The van der Waals surface area contributed by atoms with Crippen LogP contribution in [0.25, 0.3) is 0 Å². The van der Waals surface area contributed by atoms with Crippen LogP contribution in [0.1, 0.15) is 27.7 Å². The molecule has 22 heavy (non-hydrogen) atoms. The summed E-state index contributed by atoms with van der Waals surface area (Å²) in [6.07, 6.45) is -1.28. The van der Waals surface area contributed by atoms with E-state index in [1.54, 1.807) is 0 Å². The van der Waals surface area contributed by atoms with Gasteiger partial charge in [-0.3, -0.25) is 19.2 Å². The van der Waals surface area contributed by atoms with Crippen LogP contribution in [-0.4, -0.2) is 48.3 Å². The lowest BCUT2D eigenvalue weighted by molar-refractivity contribution is -0.193. The van der Waals surface area contributed by atoms with Crippen LogP contribution in [-0.2, 0) is 38.1 Å². The van der Waals surface area contributed by atoms with E-state index < -0.39 is 48.3 Å². The summed E-state index contributed by atoms with van der Waals surface area (Å²) in [5.41, 5.74) is 0. The van der Waals surface area contributed by atoms with Crippen molar-refractivity contribution >= 4 is 23.9 Å². The zero-order valence-electron chi connectivity index (χ0n) is 12.7. The minimum absolute atomic E-state index is 0.598. The Kier molecular flexibility index (Phi) is 6.09. The summed E-state index contributed by atoms with van der Waals surface area (Å²) < 4.78 is 20.3. The van der Waals surface area contributed by atoms with E-state index in [4.69, 9.17) is 18.9 Å². The smallest absolute Gasteiger partial charge is 0.303 e. The van der Waals surface area contributed by atoms with Crippen molar-refractivity contribution in [2.75, 3.05) is 0 Å². The van der Waals surface area contributed by atoms with Crippen molar-refractivity contribution in [1.29, 1.82) is 0 Å². The predicted octanol–water partition coefficient (Wildman–Crippen LogP) is 0.283. The highest BCUT2D eigenvalue weighted by molar-refractivity contribution is 5.69. The number of hydrogen-bond acceptors (Lipinski definition) is 8. The highest BCUT2D eigenvalue weighted by Crippen LogP contribution is 2.25. The van der Waals surface area contributed by atoms with Crippen LogP contribution in [0.4, 0.5) is 0 Å². The van der Waals surface area contributed by atoms with E-state index in [9.17, 15) is 19.2 Å². The molecule has 1 rings (SSSR count). The molecule has 0 aromatic heterocycles. The van der Waals surface area contributed by atoms with Gasteiger partial charge in [-0.1, -0.05) is 0 Å². The fraction of sp³-hybridized carbons (Fsp3) is 0.571. The maximum Gasteiger partial charge on any atom is 0.303 e. The van der Waals surface area contributed by atoms with Crippen molar-refractivity contribution in [3.63, 3.8) is 0 Å². The van der Waals surface area contributed by atoms with Crippen molar-refractivity contribution < 1.29 is 38.1 Å². The lowest BCUT2D eigenvalue weighted by Gasteiger charge is -2.36. The van der Waals surface area contributed by atoms with Gasteiger partial charge in [0.15, 0.2) is 24.4 Å². The van der Waals surface area contributed by atoms with Crippen molar-refractivity contribution in [2.24, 2.45) is 0 Å². The number of rotatable bonds is 4. The molecule has 4 atom stereocenters. The molecular formula is C14H18O8. The van der Waals surface area contributed by atoms with E-state index >= 15 is 0 Å². The summed E-state index contributed by atoms with van der Waals surface area (Å²) in [6.45, 7) is 4.71. The summed E-state index contributed by atoms with van der Waals surface area (Å²) in [6, 6.07) is 0. The van der Waals surface area contributed by atoms with Crippen molar-refractivity contribution in [2.45, 2.75) is 52.1 Å². The minimum atomic E-state index is -1.11. The van der Waals surface area contributed by atoms with Crippen LogP contribution < -0.4 is 0 Å². The molecule has 0 radical (unpaired) electrons. The summed E-state index contributed by atoms with van der Waals surface area (Å²) in [7, 11) is 0. The molecule has 0 saturated heterocycles. The molecule has 0 fully saturated rings. The molecule has 0 heterocycles. The zero-order chi connectivity index (χ0) is 16.9. The first kappa shape index (κ1) is 17.7. The van der Waals surface area contributed by atoms with Crippen LogP contribution >= 0.6 is 0 Å². The maximum absolute atomic E-state index is 11.3. The Morgan fingerprint density at radius 2 is 0.864 bits per heavy atom. The molecule has 0 saturated carbocycles. The summed E-state index contributed by atoms with van der Waals surface area (Å²) >= 11 is 0. The summed E-state index contributed by atoms with van der Waals surface area (Å²) in [4.78, 5) is 44.8. The van der Waals surface area contributed by atoms with E-state index in [1.807, 2.05) is 0 Å². The Hall–Kier alpha value is -2.38. The van der Waals surface area contributed by atoms with E-state index in [-0.39, 0.29) is 0 Å². The first-order chi connectivity index (χ1) is 10.2. The van der Waals surface area contributed by atoms with Gasteiger partial charge < -0.3 is 18.9 Å². The van der Waals surface area contributed by atoms with Crippen LogP contribution in [0.5, 0.6) is 0 Å². The monoisotopic (exact) mass is 314 g/mol. The SMILES string of the molecule is CC(=O)O[C@@H]1[C@H](OC(C)=O)[C@@H](OC(C)=O)C=C[C@@H]1OC(C)=O. The van der Waals surface area contributed by atoms with Crippen LogP contribution in [0.3, 0.4) is 0 Å². The molecule has 8 heteroatoms. The Labute approximate surface area is 127 Å². The van der Waals surface area contributed by atoms with E-state index in [0.29, 0.717) is 0 Å². The molecule has 122 valence electrons. The fourth-order valence-corrected chi connectivity index (χ4v) is 2.06. The quantitative estimate of drug-likeness (QED) is 0.414. The minimum Gasteiger partial charge on any atom is -0.454 e. The van der Waals surface area contributed by atoms with Gasteiger partial charge in [-0.25, -0.2) is 0 Å². The number of hydrogen-bond donors (Lipinski definition) is 0. The normalized spacial score (nSPS) is 26.7. The van der Waals surface area contributed by atoms with Gasteiger partial charge in [-0.05, 0) is 12.2 Å². The standard InChI is InChI=1S/C14H18O8/c1-7(15)19-11-5-6-12(20-8(2)16)14(22-10(4)18)13(11)21-9(3)17/h5-6,11-14H,1-4H3/t11-,12-,13-,14+/m0/s1. The van der Waals surface area contributed by atoms with E-state index in [0.717, 1.165) is 13.8 Å². The van der Waals surface area contributed by atoms with Crippen molar-refractivity contribution in [3.05, 3.63) is 12.2 Å². The second-order valence-corrected chi connectivity index (χ2v) is 4.68. The highest BCUT2D eigenvalue weighted by atomic mass is 16.6. The van der Waals surface area contributed by atoms with Gasteiger partial charge in [0.05, 0.1) is 0 Å². The molecule has 0 amide bonds. The molecule has 0 aliphatic heterocycles. The second kappa shape index (κ2) is 7.58. The third-order valence-electron chi connectivity index (χ3n) is 2.67. The number of esters is 4. The Morgan fingerprint density at radius 1 is 0.591 bits per heavy atom. The Morgan fingerprint density at radius 3 is 1.09 bits per heavy atom. The molecule has 1 aliphatic rings. The number of carbonyl (C=O) groups excluding carboxylic acids is 4. The zero-order valence-corrected chi connectivity index (χ0v) is 12.7. The van der Waals surface area contributed by atoms with Gasteiger partial charge in [0.25, 0.3) is 0 Å². The molecular weight excluding hydrogens is 296 g/mol. The van der Waals surface area contributed by atoms with Gasteiger partial charge in [0, 0.05) is 27.7 Å². The maximum atomic E-state index is 11.3. The highest BCUT2D eigenvalue weighted by Gasteiger charge is 2.44. The van der Waals surface area contributed by atoms with Gasteiger partial charge in [0.2, 0.25) is 0 Å². The molecule has 0 bridgehead atoms. The molecule has 0 unspecified atom stereocenters. The van der Waals surface area contributed by atoms with Crippen LogP contribution in [0.15, 0.2) is 12.2 Å². The fourth-order valence-electron chi connectivity index (χ4n) is 2.06. The Balaban J connectivity index is 3.11. The second-order valence-electron chi connectivity index (χ2n) is 4.68. The van der Waals surface area contributed by atoms with E-state index in [2.05, 4.69) is 0 Å². The van der Waals surface area contributed by atoms with Crippen LogP contribution in [0.2, 0.25) is 0 Å². The largest absolute Gasteiger partial charge is 0.454 e. The van der Waals surface area contributed by atoms with Gasteiger partial charge in [-0.15, -0.1) is 0 Å². The van der Waals surface area contributed by atoms with Gasteiger partial charge in [0.1, 0.15) is 0 Å². The molecule has 0 N–H and O–H groups in total. The molecule has 0 aromatic carbocycles. The predicted molar refractivity (Wildman–Crippen MR) is 71.4 cm³/mol.